The third-order valence-electron chi connectivity index (χ3n) is 8.10. The molecule has 0 spiro atoms. The molecule has 6 N–H and O–H groups in total. The lowest BCUT2D eigenvalue weighted by molar-refractivity contribution is -0.143. The van der Waals surface area contributed by atoms with Crippen LogP contribution >= 0.6 is 11.8 Å². The average Bonchev–Trinajstić information content (AvgIpc) is 3.50. The van der Waals surface area contributed by atoms with Gasteiger partial charge in [-0.1, -0.05) is 39.8 Å². The van der Waals surface area contributed by atoms with Crippen LogP contribution in [-0.4, -0.2) is 101 Å². The number of hydrogen-bond acceptors (Lipinski definition) is 8. The lowest BCUT2D eigenvalue weighted by Gasteiger charge is -2.32. The number of nitrogens with zero attached hydrogens (tertiary/aromatic N) is 1. The van der Waals surface area contributed by atoms with Crippen LogP contribution in [0.15, 0.2) is 24.3 Å². The van der Waals surface area contributed by atoms with Gasteiger partial charge in [0, 0.05) is 13.0 Å². The van der Waals surface area contributed by atoms with Gasteiger partial charge >= 0.3 is 0 Å². The van der Waals surface area contributed by atoms with Gasteiger partial charge in [-0.3, -0.25) is 28.8 Å². The minimum atomic E-state index is -1.12. The topological polar surface area (TPSA) is 186 Å². The Balaban J connectivity index is 1.98. The Morgan fingerprint density at radius 2 is 1.50 bits per heavy atom. The summed E-state index contributed by atoms with van der Waals surface area (Å²) in [5.41, 5.74) is 0.642. The summed E-state index contributed by atoms with van der Waals surface area (Å²) in [5.74, 6) is -2.95. The number of aromatic hydroxyl groups is 1. The molecule has 2 aliphatic heterocycles. The molecule has 3 rings (SSSR count). The van der Waals surface area contributed by atoms with E-state index in [9.17, 15) is 33.9 Å². The predicted molar refractivity (Wildman–Crippen MR) is 175 cm³/mol. The highest BCUT2D eigenvalue weighted by molar-refractivity contribution is 7.98. The summed E-state index contributed by atoms with van der Waals surface area (Å²) in [4.78, 5) is 82.5. The van der Waals surface area contributed by atoms with Crippen LogP contribution in [0, 0.1) is 11.8 Å². The van der Waals surface area contributed by atoms with Crippen LogP contribution in [0.4, 0.5) is 0 Å². The highest BCUT2D eigenvalue weighted by Crippen LogP contribution is 2.21. The summed E-state index contributed by atoms with van der Waals surface area (Å²) < 4.78 is 0. The number of thioether (sulfide) groups is 1. The van der Waals surface area contributed by atoms with E-state index in [0.29, 0.717) is 37.1 Å². The molecule has 0 aromatic heterocycles. The summed E-state index contributed by atoms with van der Waals surface area (Å²) in [7, 11) is 0. The van der Waals surface area contributed by atoms with Gasteiger partial charge in [-0.05, 0) is 67.2 Å². The van der Waals surface area contributed by atoms with Crippen molar-refractivity contribution in [3.8, 4) is 5.75 Å². The lowest BCUT2D eigenvalue weighted by atomic mass is 9.99. The van der Waals surface area contributed by atoms with Gasteiger partial charge < -0.3 is 36.6 Å². The van der Waals surface area contributed by atoms with Crippen LogP contribution < -0.4 is 26.6 Å². The molecule has 2 fully saturated rings. The molecule has 0 aliphatic carbocycles. The fourth-order valence-corrected chi connectivity index (χ4v) is 6.08. The quantitative estimate of drug-likeness (QED) is 0.232. The van der Waals surface area contributed by atoms with Gasteiger partial charge in [0.1, 0.15) is 36.0 Å². The minimum absolute atomic E-state index is 0.0207. The molecular weight excluding hydrogens is 612 g/mol. The number of nitrogens with one attached hydrogen (secondary N) is 5. The molecule has 6 amide bonds. The van der Waals surface area contributed by atoms with Crippen LogP contribution in [-0.2, 0) is 35.2 Å². The first-order valence-electron chi connectivity index (χ1n) is 15.9. The van der Waals surface area contributed by atoms with E-state index in [4.69, 9.17) is 0 Å². The molecule has 14 heteroatoms. The molecule has 13 nitrogen and oxygen atoms in total. The third kappa shape index (κ3) is 10.4. The molecule has 254 valence electrons. The SMILES string of the molecule is CSCC[C@@H]1NC(=O)[C@@H]2CCCN2C(=O)[C@H](C(C)C)NC(=O)[C@H](Cc2ccc(O)cc2)NC(=O)CNC(=O)[C@H](CC(C)C)NC1=O. The minimum Gasteiger partial charge on any atom is -0.508 e. The van der Waals surface area contributed by atoms with E-state index >= 15 is 0 Å². The van der Waals surface area contributed by atoms with Crippen molar-refractivity contribution in [1.82, 2.24) is 31.5 Å². The van der Waals surface area contributed by atoms with E-state index in [2.05, 4.69) is 26.6 Å². The summed E-state index contributed by atoms with van der Waals surface area (Å²) >= 11 is 1.51. The molecule has 0 saturated carbocycles. The Morgan fingerprint density at radius 3 is 2.13 bits per heavy atom. The maximum Gasteiger partial charge on any atom is 0.246 e. The molecule has 46 heavy (non-hydrogen) atoms. The molecule has 2 heterocycles. The molecule has 2 saturated heterocycles. The highest BCUT2D eigenvalue weighted by Gasteiger charge is 2.40. The van der Waals surface area contributed by atoms with Gasteiger partial charge in [-0.25, -0.2) is 0 Å². The highest BCUT2D eigenvalue weighted by atomic mass is 32.2. The Hall–Kier alpha value is -3.81. The van der Waals surface area contributed by atoms with Crippen molar-refractivity contribution < 1.29 is 33.9 Å². The fraction of sp³-hybridized carbons (Fsp3) is 0.625. The number of carbonyl (C=O) groups excluding carboxylic acids is 6. The molecule has 5 atom stereocenters. The molecule has 0 bridgehead atoms. The number of phenols is 1. The Morgan fingerprint density at radius 1 is 0.848 bits per heavy atom. The van der Waals surface area contributed by atoms with E-state index in [0.717, 1.165) is 0 Å². The van der Waals surface area contributed by atoms with Crippen molar-refractivity contribution >= 4 is 47.2 Å². The van der Waals surface area contributed by atoms with Gasteiger partial charge in [0.15, 0.2) is 0 Å². The molecule has 2 aliphatic rings. The lowest BCUT2D eigenvalue weighted by Crippen LogP contribution is -2.61. The molecule has 1 aromatic carbocycles. The van der Waals surface area contributed by atoms with Crippen LogP contribution in [0.25, 0.3) is 0 Å². The summed E-state index contributed by atoms with van der Waals surface area (Å²) in [6, 6.07) is 1.29. The van der Waals surface area contributed by atoms with E-state index in [1.54, 1.807) is 26.0 Å². The second-order valence-corrected chi connectivity index (χ2v) is 13.6. The van der Waals surface area contributed by atoms with Crippen molar-refractivity contribution in [3.05, 3.63) is 29.8 Å². The standard InChI is InChI=1S/C32H48N6O7S/c1-18(2)15-23-28(41)33-17-26(40)34-24(16-20-8-10-21(39)11-9-20)30(43)37-27(19(3)4)32(45)38-13-6-7-25(38)31(44)35-22(12-14-46-5)29(42)36-23/h8-11,18-19,22-25,27,39H,6-7,12-17H2,1-5H3,(H,33,41)(H,34,40)(H,35,44)(H,36,42)(H,37,43)/t22-,23-,24-,25-,27-/m0/s1. The van der Waals surface area contributed by atoms with E-state index in [-0.39, 0.29) is 30.4 Å². The first-order valence-corrected chi connectivity index (χ1v) is 17.3. The van der Waals surface area contributed by atoms with Crippen molar-refractivity contribution in [2.24, 2.45) is 11.8 Å². The first-order chi connectivity index (χ1) is 21.8. The Kier molecular flexibility index (Phi) is 13.7. The molecule has 1 aromatic rings. The Bertz CT molecular complexity index is 1260. The van der Waals surface area contributed by atoms with Gasteiger partial charge in [0.05, 0.1) is 6.54 Å². The number of rotatable bonds is 8. The van der Waals surface area contributed by atoms with Crippen molar-refractivity contribution in [1.29, 1.82) is 0 Å². The molecule has 0 radical (unpaired) electrons. The number of benzene rings is 1. The zero-order valence-corrected chi connectivity index (χ0v) is 28.1. The number of carbonyl (C=O) groups is 6. The van der Waals surface area contributed by atoms with Crippen LogP contribution in [0.5, 0.6) is 5.75 Å². The van der Waals surface area contributed by atoms with Crippen molar-refractivity contribution in [2.45, 2.75) is 90.0 Å². The van der Waals surface area contributed by atoms with Crippen LogP contribution in [0.3, 0.4) is 0 Å². The van der Waals surface area contributed by atoms with Gasteiger partial charge in [0.2, 0.25) is 35.4 Å². The maximum absolute atomic E-state index is 13.9. The first kappa shape index (κ1) is 36.7. The number of phenolic OH excluding ortho intramolecular Hbond substituents is 1. The van der Waals surface area contributed by atoms with Gasteiger partial charge in [-0.15, -0.1) is 0 Å². The zero-order valence-electron chi connectivity index (χ0n) is 27.3. The normalized spacial score (nSPS) is 25.6. The average molecular weight is 661 g/mol. The van der Waals surface area contributed by atoms with Gasteiger partial charge in [-0.2, -0.15) is 11.8 Å². The Labute approximate surface area is 274 Å². The molecule has 0 unspecified atom stereocenters. The third-order valence-corrected chi connectivity index (χ3v) is 8.75. The van der Waals surface area contributed by atoms with E-state index in [1.807, 2.05) is 20.1 Å². The van der Waals surface area contributed by atoms with E-state index < -0.39 is 72.2 Å². The summed E-state index contributed by atoms with van der Waals surface area (Å²) in [6.07, 6.45) is 3.49. The van der Waals surface area contributed by atoms with Crippen molar-refractivity contribution in [3.63, 3.8) is 0 Å². The number of fused-ring (bicyclic) bond motifs is 1. The van der Waals surface area contributed by atoms with Gasteiger partial charge in [0.25, 0.3) is 0 Å². The fourth-order valence-electron chi connectivity index (χ4n) is 5.61. The number of hydrogen-bond donors (Lipinski definition) is 6. The number of amides is 6. The second kappa shape index (κ2) is 17.2. The maximum atomic E-state index is 13.9. The van der Waals surface area contributed by atoms with Crippen LogP contribution in [0.2, 0.25) is 0 Å². The van der Waals surface area contributed by atoms with Crippen LogP contribution in [0.1, 0.15) is 58.9 Å². The second-order valence-electron chi connectivity index (χ2n) is 12.7. The summed E-state index contributed by atoms with van der Waals surface area (Å²) in [5, 5.41) is 23.3. The summed E-state index contributed by atoms with van der Waals surface area (Å²) in [6.45, 7) is 7.19. The smallest absolute Gasteiger partial charge is 0.246 e. The monoisotopic (exact) mass is 660 g/mol. The largest absolute Gasteiger partial charge is 0.508 e. The van der Waals surface area contributed by atoms with Crippen molar-refractivity contribution in [2.75, 3.05) is 25.1 Å². The predicted octanol–water partition coefficient (Wildman–Crippen LogP) is 0.450. The molecular formula is C32H48N6O7S. The van der Waals surface area contributed by atoms with E-state index in [1.165, 1.54) is 28.8 Å². The zero-order chi connectivity index (χ0) is 34.0.